The summed E-state index contributed by atoms with van der Waals surface area (Å²) in [7, 11) is 0. The number of piperidine rings is 1. The van der Waals surface area contributed by atoms with Gasteiger partial charge in [0.25, 0.3) is 0 Å². The van der Waals surface area contributed by atoms with Gasteiger partial charge in [0.15, 0.2) is 0 Å². The summed E-state index contributed by atoms with van der Waals surface area (Å²) in [6.07, 6.45) is 9.65. The van der Waals surface area contributed by atoms with Gasteiger partial charge in [-0.05, 0) is 38.2 Å². The summed E-state index contributed by atoms with van der Waals surface area (Å²) in [6, 6.07) is 8.80. The van der Waals surface area contributed by atoms with E-state index in [2.05, 4.69) is 46.2 Å². The second kappa shape index (κ2) is 6.62. The average Bonchev–Trinajstić information content (AvgIpc) is 3.34. The van der Waals surface area contributed by atoms with Crippen LogP contribution in [-0.4, -0.2) is 38.7 Å². The number of benzene rings is 1. The van der Waals surface area contributed by atoms with Crippen LogP contribution in [0.4, 0.5) is 0 Å². The van der Waals surface area contributed by atoms with Gasteiger partial charge in [-0.2, -0.15) is 5.10 Å². The molecule has 2 fully saturated rings. The van der Waals surface area contributed by atoms with E-state index in [9.17, 15) is 4.79 Å². The Balaban J connectivity index is 1.61. The van der Waals surface area contributed by atoms with Gasteiger partial charge < -0.3 is 4.90 Å². The number of hydrogen-bond acceptors (Lipinski definition) is 3. The topological polar surface area (TPSA) is 51.0 Å². The summed E-state index contributed by atoms with van der Waals surface area (Å²) in [5, 5.41) is 4.29. The zero-order chi connectivity index (χ0) is 17.3. The molecule has 2 aromatic rings. The van der Waals surface area contributed by atoms with Gasteiger partial charge in [-0.3, -0.25) is 4.79 Å². The van der Waals surface area contributed by atoms with Crippen LogP contribution in [-0.2, 0) is 10.2 Å². The third-order valence-corrected chi connectivity index (χ3v) is 5.93. The lowest BCUT2D eigenvalue weighted by molar-refractivity contribution is -0.139. The number of likely N-dealkylation sites (tertiary alicyclic amines) is 1. The summed E-state index contributed by atoms with van der Waals surface area (Å²) in [6.45, 7) is 3.71. The van der Waals surface area contributed by atoms with E-state index < -0.39 is 0 Å². The Labute approximate surface area is 149 Å². The highest BCUT2D eigenvalue weighted by atomic mass is 16.2. The molecule has 1 atom stereocenters. The number of rotatable bonds is 3. The van der Waals surface area contributed by atoms with Crippen LogP contribution in [0, 0.1) is 6.92 Å². The highest BCUT2D eigenvalue weighted by Gasteiger charge is 2.45. The molecule has 1 aliphatic heterocycles. The molecule has 0 radical (unpaired) electrons. The molecule has 4 rings (SSSR count). The Bertz CT molecular complexity index is 734. The first-order valence-corrected chi connectivity index (χ1v) is 9.40. The molecule has 5 heteroatoms. The van der Waals surface area contributed by atoms with Gasteiger partial charge in [0, 0.05) is 13.1 Å². The first kappa shape index (κ1) is 16.3. The van der Waals surface area contributed by atoms with Crippen molar-refractivity contribution in [1.29, 1.82) is 0 Å². The molecule has 0 bridgehead atoms. The maximum atomic E-state index is 13.6. The van der Waals surface area contributed by atoms with Gasteiger partial charge in [0.2, 0.25) is 5.91 Å². The number of aromatic nitrogens is 3. The fraction of sp³-hybridized carbons (Fsp3) is 0.550. The van der Waals surface area contributed by atoms with Gasteiger partial charge >= 0.3 is 0 Å². The lowest BCUT2D eigenvalue weighted by atomic mass is 9.76. The zero-order valence-electron chi connectivity index (χ0n) is 14.9. The van der Waals surface area contributed by atoms with E-state index in [0.29, 0.717) is 5.91 Å². The minimum Gasteiger partial charge on any atom is -0.340 e. The summed E-state index contributed by atoms with van der Waals surface area (Å²) in [5.74, 6) is 0.320. The number of nitrogens with zero attached hydrogens (tertiary/aromatic N) is 4. The van der Waals surface area contributed by atoms with Crippen molar-refractivity contribution in [2.75, 3.05) is 13.1 Å². The van der Waals surface area contributed by atoms with E-state index in [1.54, 1.807) is 12.7 Å². The fourth-order valence-electron chi connectivity index (χ4n) is 4.61. The maximum absolute atomic E-state index is 13.6. The van der Waals surface area contributed by atoms with E-state index in [1.807, 2.05) is 4.68 Å². The molecule has 5 nitrogen and oxygen atoms in total. The Morgan fingerprint density at radius 1 is 1.24 bits per heavy atom. The Hall–Kier alpha value is -2.17. The maximum Gasteiger partial charge on any atom is 0.233 e. The van der Waals surface area contributed by atoms with Crippen LogP contribution >= 0.6 is 0 Å². The smallest absolute Gasteiger partial charge is 0.233 e. The van der Waals surface area contributed by atoms with Crippen LogP contribution < -0.4 is 0 Å². The normalized spacial score (nSPS) is 22.9. The molecule has 2 heterocycles. The zero-order valence-corrected chi connectivity index (χ0v) is 14.9. The molecule has 25 heavy (non-hydrogen) atoms. The van der Waals surface area contributed by atoms with E-state index in [4.69, 9.17) is 0 Å². The van der Waals surface area contributed by atoms with Crippen molar-refractivity contribution in [3.63, 3.8) is 0 Å². The van der Waals surface area contributed by atoms with Gasteiger partial charge in [-0.1, -0.05) is 42.7 Å². The predicted octanol–water partition coefficient (Wildman–Crippen LogP) is 3.26. The van der Waals surface area contributed by atoms with Gasteiger partial charge in [-0.25, -0.2) is 9.67 Å². The molecule has 1 aromatic carbocycles. The predicted molar refractivity (Wildman–Crippen MR) is 96.2 cm³/mol. The Kier molecular flexibility index (Phi) is 4.32. The molecule has 1 saturated carbocycles. The lowest BCUT2D eigenvalue weighted by Crippen LogP contribution is -2.49. The highest BCUT2D eigenvalue weighted by molar-refractivity contribution is 5.88. The van der Waals surface area contributed by atoms with E-state index in [0.717, 1.165) is 51.6 Å². The summed E-state index contributed by atoms with van der Waals surface area (Å²) < 4.78 is 1.91. The second-order valence-electron chi connectivity index (χ2n) is 7.58. The van der Waals surface area contributed by atoms with Crippen molar-refractivity contribution in [1.82, 2.24) is 19.7 Å². The second-order valence-corrected chi connectivity index (χ2v) is 7.58. The quantitative estimate of drug-likeness (QED) is 0.863. The van der Waals surface area contributed by atoms with Crippen LogP contribution in [0.3, 0.4) is 0 Å². The van der Waals surface area contributed by atoms with E-state index in [1.165, 1.54) is 11.1 Å². The fourth-order valence-corrected chi connectivity index (χ4v) is 4.61. The molecular formula is C20H26N4O. The third-order valence-electron chi connectivity index (χ3n) is 5.93. The van der Waals surface area contributed by atoms with Crippen LogP contribution in [0.2, 0.25) is 0 Å². The van der Waals surface area contributed by atoms with Crippen molar-refractivity contribution in [2.24, 2.45) is 0 Å². The van der Waals surface area contributed by atoms with Crippen LogP contribution in [0.5, 0.6) is 0 Å². The molecule has 2 aliphatic rings. The first-order chi connectivity index (χ1) is 12.2. The van der Waals surface area contributed by atoms with Crippen molar-refractivity contribution in [2.45, 2.75) is 56.9 Å². The minimum atomic E-state index is -0.323. The Morgan fingerprint density at radius 2 is 2.08 bits per heavy atom. The number of hydrogen-bond donors (Lipinski definition) is 0. The molecule has 1 amide bonds. The molecule has 1 aromatic heterocycles. The van der Waals surface area contributed by atoms with Crippen molar-refractivity contribution in [3.05, 3.63) is 48.0 Å². The van der Waals surface area contributed by atoms with Gasteiger partial charge in [0.05, 0.1) is 11.5 Å². The largest absolute Gasteiger partial charge is 0.340 e. The first-order valence-electron chi connectivity index (χ1n) is 9.40. The summed E-state index contributed by atoms with van der Waals surface area (Å²) >= 11 is 0. The van der Waals surface area contributed by atoms with Crippen molar-refractivity contribution < 1.29 is 4.79 Å². The number of carbonyl (C=O) groups is 1. The third kappa shape index (κ3) is 2.96. The summed E-state index contributed by atoms with van der Waals surface area (Å²) in [4.78, 5) is 19.8. The number of carbonyl (C=O) groups excluding carboxylic acids is 1. The average molecular weight is 338 g/mol. The lowest BCUT2D eigenvalue weighted by Gasteiger charge is -2.39. The molecule has 1 aliphatic carbocycles. The molecule has 0 spiro atoms. The molecule has 0 N–H and O–H groups in total. The monoisotopic (exact) mass is 338 g/mol. The SMILES string of the molecule is Cc1cccc(C2(C(=O)N3CCCC(n4cncn4)C3)CCCC2)c1. The van der Waals surface area contributed by atoms with Crippen LogP contribution in [0.15, 0.2) is 36.9 Å². The number of amides is 1. The minimum absolute atomic E-state index is 0.246. The van der Waals surface area contributed by atoms with Crippen LogP contribution in [0.25, 0.3) is 0 Å². The van der Waals surface area contributed by atoms with Gasteiger partial charge in [-0.15, -0.1) is 0 Å². The Morgan fingerprint density at radius 3 is 2.80 bits per heavy atom. The van der Waals surface area contributed by atoms with Crippen LogP contribution in [0.1, 0.15) is 55.7 Å². The molecular weight excluding hydrogens is 312 g/mol. The van der Waals surface area contributed by atoms with Gasteiger partial charge in [0.1, 0.15) is 12.7 Å². The molecule has 1 saturated heterocycles. The highest BCUT2D eigenvalue weighted by Crippen LogP contribution is 2.43. The number of aryl methyl sites for hydroxylation is 1. The molecule has 132 valence electrons. The van der Waals surface area contributed by atoms with Crippen molar-refractivity contribution in [3.8, 4) is 0 Å². The van der Waals surface area contributed by atoms with E-state index >= 15 is 0 Å². The molecule has 1 unspecified atom stereocenters. The van der Waals surface area contributed by atoms with E-state index in [-0.39, 0.29) is 11.5 Å². The standard InChI is InChI=1S/C20H26N4O/c1-16-6-4-7-17(12-16)20(9-2-3-10-20)19(25)23-11-5-8-18(13-23)24-15-21-14-22-24/h4,6-7,12,14-15,18H,2-3,5,8-11,13H2,1H3. The summed E-state index contributed by atoms with van der Waals surface area (Å²) in [5.41, 5.74) is 2.12. The van der Waals surface area contributed by atoms with Crippen molar-refractivity contribution >= 4 is 5.91 Å².